The average Bonchev–Trinajstić information content (AvgIpc) is 2.11. The molecule has 0 aliphatic carbocycles. The molecule has 5 heteroatoms. The van der Waals surface area contributed by atoms with Crippen LogP contribution in [-0.2, 0) is 19.0 Å². The first-order valence-corrected chi connectivity index (χ1v) is 4.24. The fraction of sp³-hybridized carbons (Fsp3) is 0.556. The van der Waals surface area contributed by atoms with E-state index in [1.807, 2.05) is 0 Å². The van der Waals surface area contributed by atoms with Gasteiger partial charge in [-0.15, -0.1) is 0 Å². The third-order valence-electron chi connectivity index (χ3n) is 1.11. The summed E-state index contributed by atoms with van der Waals surface area (Å²) in [6.45, 7) is 3.60. The number of hydrogen-bond acceptors (Lipinski definition) is 5. The SMILES string of the molecule is CCOC(=O)OCC=CCOC(C)=O. The Bertz CT molecular complexity index is 209. The summed E-state index contributed by atoms with van der Waals surface area (Å²) in [5.74, 6) is -0.346. The first-order chi connectivity index (χ1) is 6.66. The van der Waals surface area contributed by atoms with Crippen LogP contribution in [0.25, 0.3) is 0 Å². The van der Waals surface area contributed by atoms with Gasteiger partial charge < -0.3 is 14.2 Å². The second kappa shape index (κ2) is 8.10. The number of rotatable bonds is 5. The minimum atomic E-state index is -0.704. The van der Waals surface area contributed by atoms with E-state index < -0.39 is 6.16 Å². The van der Waals surface area contributed by atoms with Crippen molar-refractivity contribution in [2.24, 2.45) is 0 Å². The molecule has 0 aliphatic heterocycles. The Labute approximate surface area is 82.6 Å². The van der Waals surface area contributed by atoms with Gasteiger partial charge in [0.15, 0.2) is 0 Å². The molecule has 0 aromatic rings. The predicted molar refractivity (Wildman–Crippen MR) is 48.7 cm³/mol. The molecule has 0 heterocycles. The van der Waals surface area contributed by atoms with Crippen molar-refractivity contribution in [1.29, 1.82) is 0 Å². The van der Waals surface area contributed by atoms with Crippen molar-refractivity contribution < 1.29 is 23.8 Å². The van der Waals surface area contributed by atoms with E-state index in [0.29, 0.717) is 0 Å². The normalized spacial score (nSPS) is 9.86. The molecule has 0 bridgehead atoms. The van der Waals surface area contributed by atoms with E-state index in [9.17, 15) is 9.59 Å². The third-order valence-corrected chi connectivity index (χ3v) is 1.11. The van der Waals surface area contributed by atoms with Gasteiger partial charge in [-0.05, 0) is 19.1 Å². The van der Waals surface area contributed by atoms with E-state index in [4.69, 9.17) is 0 Å². The number of carbonyl (C=O) groups is 2. The van der Waals surface area contributed by atoms with Crippen LogP contribution in [0.2, 0.25) is 0 Å². The Morgan fingerprint density at radius 2 is 1.64 bits per heavy atom. The molecule has 80 valence electrons. The lowest BCUT2D eigenvalue weighted by Gasteiger charge is -2.00. The smallest absolute Gasteiger partial charge is 0.462 e. The lowest BCUT2D eigenvalue weighted by molar-refractivity contribution is -0.139. The summed E-state index contributed by atoms with van der Waals surface area (Å²) in [5.41, 5.74) is 0. The van der Waals surface area contributed by atoms with Gasteiger partial charge in [0.05, 0.1) is 6.61 Å². The molecule has 0 aromatic carbocycles. The Morgan fingerprint density at radius 3 is 2.14 bits per heavy atom. The van der Waals surface area contributed by atoms with Crippen molar-refractivity contribution in [2.75, 3.05) is 19.8 Å². The molecule has 0 fully saturated rings. The van der Waals surface area contributed by atoms with Gasteiger partial charge in [-0.25, -0.2) is 4.79 Å². The Morgan fingerprint density at radius 1 is 1.07 bits per heavy atom. The molecule has 0 spiro atoms. The van der Waals surface area contributed by atoms with Crippen LogP contribution < -0.4 is 0 Å². The minimum absolute atomic E-state index is 0.111. The average molecular weight is 202 g/mol. The van der Waals surface area contributed by atoms with E-state index in [2.05, 4.69) is 14.2 Å². The molecule has 0 aromatic heterocycles. The highest BCUT2D eigenvalue weighted by molar-refractivity contribution is 5.66. The fourth-order valence-electron chi connectivity index (χ4n) is 0.577. The summed E-state index contributed by atoms with van der Waals surface area (Å²) in [4.78, 5) is 20.9. The topological polar surface area (TPSA) is 61.8 Å². The summed E-state index contributed by atoms with van der Waals surface area (Å²) in [6, 6.07) is 0. The molecular weight excluding hydrogens is 188 g/mol. The zero-order valence-electron chi connectivity index (χ0n) is 8.32. The zero-order valence-corrected chi connectivity index (χ0v) is 8.32. The molecule has 0 atom stereocenters. The highest BCUT2D eigenvalue weighted by atomic mass is 16.7. The van der Waals surface area contributed by atoms with Gasteiger partial charge >= 0.3 is 12.1 Å². The van der Waals surface area contributed by atoms with Crippen LogP contribution in [0.3, 0.4) is 0 Å². The van der Waals surface area contributed by atoms with Gasteiger partial charge in [0.25, 0.3) is 0 Å². The van der Waals surface area contributed by atoms with Crippen LogP contribution in [0, 0.1) is 0 Å². The summed E-state index contributed by atoms with van der Waals surface area (Å²) >= 11 is 0. The molecule has 0 N–H and O–H groups in total. The molecule has 0 saturated heterocycles. The Kier molecular flexibility index (Phi) is 7.22. The van der Waals surface area contributed by atoms with E-state index in [1.165, 1.54) is 6.92 Å². The van der Waals surface area contributed by atoms with E-state index in [0.717, 1.165) is 0 Å². The molecule has 0 rings (SSSR count). The first kappa shape index (κ1) is 12.5. The molecule has 0 aliphatic rings. The van der Waals surface area contributed by atoms with Crippen molar-refractivity contribution in [2.45, 2.75) is 13.8 Å². The Balaban J connectivity index is 3.35. The maximum absolute atomic E-state index is 10.6. The summed E-state index contributed by atoms with van der Waals surface area (Å²) < 4.78 is 13.7. The third kappa shape index (κ3) is 8.58. The van der Waals surface area contributed by atoms with Crippen LogP contribution in [0.4, 0.5) is 4.79 Å². The largest absolute Gasteiger partial charge is 0.508 e. The highest BCUT2D eigenvalue weighted by Gasteiger charge is 1.97. The maximum atomic E-state index is 10.6. The number of hydrogen-bond donors (Lipinski definition) is 0. The lowest BCUT2D eigenvalue weighted by Crippen LogP contribution is -2.06. The highest BCUT2D eigenvalue weighted by Crippen LogP contribution is 1.86. The van der Waals surface area contributed by atoms with E-state index >= 15 is 0 Å². The molecule has 14 heavy (non-hydrogen) atoms. The van der Waals surface area contributed by atoms with Gasteiger partial charge in [0, 0.05) is 6.92 Å². The summed E-state index contributed by atoms with van der Waals surface area (Å²) in [7, 11) is 0. The van der Waals surface area contributed by atoms with Crippen molar-refractivity contribution in [3.8, 4) is 0 Å². The number of ether oxygens (including phenoxy) is 3. The van der Waals surface area contributed by atoms with Gasteiger partial charge in [0.1, 0.15) is 13.2 Å². The van der Waals surface area contributed by atoms with Crippen molar-refractivity contribution in [1.82, 2.24) is 0 Å². The molecule has 0 unspecified atom stereocenters. The number of carbonyl (C=O) groups excluding carboxylic acids is 2. The lowest BCUT2D eigenvalue weighted by atomic mass is 10.5. The maximum Gasteiger partial charge on any atom is 0.508 e. The zero-order chi connectivity index (χ0) is 10.8. The first-order valence-electron chi connectivity index (χ1n) is 4.24. The van der Waals surface area contributed by atoms with Crippen LogP contribution >= 0.6 is 0 Å². The van der Waals surface area contributed by atoms with Crippen LogP contribution in [0.5, 0.6) is 0 Å². The van der Waals surface area contributed by atoms with Crippen molar-refractivity contribution >= 4 is 12.1 Å². The quantitative estimate of drug-likeness (QED) is 0.496. The van der Waals surface area contributed by atoms with Gasteiger partial charge in [-0.2, -0.15) is 0 Å². The van der Waals surface area contributed by atoms with Crippen LogP contribution in [0.15, 0.2) is 12.2 Å². The molecular formula is C9H14O5. The van der Waals surface area contributed by atoms with Crippen LogP contribution in [-0.4, -0.2) is 31.9 Å². The predicted octanol–water partition coefficient (Wildman–Crippen LogP) is 1.28. The second-order valence-electron chi connectivity index (χ2n) is 2.27. The van der Waals surface area contributed by atoms with E-state index in [-0.39, 0.29) is 25.8 Å². The molecule has 5 nitrogen and oxygen atoms in total. The molecule has 0 saturated carbocycles. The van der Waals surface area contributed by atoms with Gasteiger partial charge in [-0.1, -0.05) is 0 Å². The van der Waals surface area contributed by atoms with E-state index in [1.54, 1.807) is 19.1 Å². The Hall–Kier alpha value is -1.52. The molecule has 0 radical (unpaired) electrons. The molecule has 0 amide bonds. The monoisotopic (exact) mass is 202 g/mol. The summed E-state index contributed by atoms with van der Waals surface area (Å²) in [5, 5.41) is 0. The van der Waals surface area contributed by atoms with Gasteiger partial charge in [0.2, 0.25) is 0 Å². The number of esters is 1. The van der Waals surface area contributed by atoms with Crippen molar-refractivity contribution in [3.63, 3.8) is 0 Å². The summed E-state index contributed by atoms with van der Waals surface area (Å²) in [6.07, 6.45) is 2.45. The van der Waals surface area contributed by atoms with Gasteiger partial charge in [-0.3, -0.25) is 4.79 Å². The second-order valence-corrected chi connectivity index (χ2v) is 2.27. The fourth-order valence-corrected chi connectivity index (χ4v) is 0.577. The van der Waals surface area contributed by atoms with Crippen LogP contribution in [0.1, 0.15) is 13.8 Å². The standard InChI is InChI=1S/C9H14O5/c1-3-12-9(11)14-7-5-4-6-13-8(2)10/h4-5H,3,6-7H2,1-2H3. The minimum Gasteiger partial charge on any atom is -0.462 e. The van der Waals surface area contributed by atoms with Crippen molar-refractivity contribution in [3.05, 3.63) is 12.2 Å².